The Bertz CT molecular complexity index is 1660. The van der Waals surface area contributed by atoms with E-state index in [1.165, 1.54) is 11.6 Å². The Kier molecular flexibility index (Phi) is 8.33. The van der Waals surface area contributed by atoms with Crippen LogP contribution in [-0.4, -0.2) is 88.8 Å². The number of thiazole rings is 1. The lowest BCUT2D eigenvalue weighted by Crippen LogP contribution is -2.71. The Hall–Kier alpha value is -4.91. The molecule has 8 N–H and O–H groups in total. The Morgan fingerprint density at radius 3 is 2.61 bits per heavy atom. The van der Waals surface area contributed by atoms with Crippen LogP contribution in [0.5, 0.6) is 5.75 Å². The fourth-order valence-corrected chi connectivity index (χ4v) is 7.17. The number of amides is 3. The summed E-state index contributed by atoms with van der Waals surface area (Å²) in [4.78, 5) is 87.5. The topological polar surface area (TPSA) is 267 Å². The molecule has 44 heavy (non-hydrogen) atoms. The number of H-pyrrole nitrogens is 1. The minimum absolute atomic E-state index is 0.00487. The third kappa shape index (κ3) is 5.34. The van der Waals surface area contributed by atoms with Crippen LogP contribution in [0.15, 0.2) is 38.9 Å². The van der Waals surface area contributed by atoms with Gasteiger partial charge < -0.3 is 41.5 Å². The molecule has 2 aromatic heterocycles. The number of fused-ring (bicyclic) bond motifs is 1. The van der Waals surface area contributed by atoms with Gasteiger partial charge in [-0.3, -0.25) is 24.1 Å². The monoisotopic (exact) mass is 647 g/mol. The van der Waals surface area contributed by atoms with E-state index in [0.29, 0.717) is 12.8 Å². The number of nitrogens with zero attached hydrogens (tertiary/aromatic N) is 3. The van der Waals surface area contributed by atoms with Crippen molar-refractivity contribution in [3.05, 3.63) is 50.5 Å². The van der Waals surface area contributed by atoms with Gasteiger partial charge in [-0.25, -0.2) is 14.6 Å². The fourth-order valence-electron chi connectivity index (χ4n) is 5.23. The number of carbonyl (C=O) groups excluding carboxylic acids is 3. The first-order valence-corrected chi connectivity index (χ1v) is 14.9. The van der Waals surface area contributed by atoms with E-state index in [1.54, 1.807) is 0 Å². The van der Waals surface area contributed by atoms with Gasteiger partial charge in [-0.1, -0.05) is 5.16 Å². The molecule has 5 rings (SSSR count). The molecule has 1 saturated carbocycles. The van der Waals surface area contributed by atoms with Crippen molar-refractivity contribution in [1.82, 2.24) is 25.5 Å². The molecule has 0 aromatic carbocycles. The number of rotatable bonds is 11. The first-order valence-electron chi connectivity index (χ1n) is 13.0. The highest BCUT2D eigenvalue weighted by atomic mass is 32.2. The van der Waals surface area contributed by atoms with Gasteiger partial charge in [-0.2, -0.15) is 0 Å². The number of aromatic hydroxyl groups is 1. The molecule has 2 aromatic rings. The summed E-state index contributed by atoms with van der Waals surface area (Å²) in [5.41, 5.74) is 2.20. The van der Waals surface area contributed by atoms with E-state index in [1.807, 2.05) is 0 Å². The van der Waals surface area contributed by atoms with Crippen LogP contribution in [0, 0.1) is 0 Å². The second-order valence-corrected chi connectivity index (χ2v) is 12.0. The summed E-state index contributed by atoms with van der Waals surface area (Å²) in [7, 11) is 0. The van der Waals surface area contributed by atoms with Crippen molar-refractivity contribution in [2.75, 3.05) is 11.5 Å². The molecule has 3 aliphatic rings. The number of anilines is 1. The fraction of sp³-hybridized carbons (Fsp3) is 0.360. The van der Waals surface area contributed by atoms with Crippen molar-refractivity contribution in [1.29, 1.82) is 0 Å². The molecular weight excluding hydrogens is 622 g/mol. The van der Waals surface area contributed by atoms with E-state index in [4.69, 9.17) is 10.6 Å². The second kappa shape index (κ2) is 12.0. The molecule has 17 nitrogen and oxygen atoms in total. The van der Waals surface area contributed by atoms with Gasteiger partial charge in [0.15, 0.2) is 16.6 Å². The maximum absolute atomic E-state index is 13.4. The van der Waals surface area contributed by atoms with Crippen LogP contribution >= 0.6 is 23.1 Å². The largest absolute Gasteiger partial charge is 0.503 e. The van der Waals surface area contributed by atoms with Gasteiger partial charge in [0.1, 0.15) is 22.8 Å². The van der Waals surface area contributed by atoms with Crippen molar-refractivity contribution < 1.29 is 44.1 Å². The molecule has 0 radical (unpaired) electrons. The Labute approximate surface area is 255 Å². The van der Waals surface area contributed by atoms with Gasteiger partial charge in [0, 0.05) is 36.2 Å². The number of oxime groups is 1. The minimum Gasteiger partial charge on any atom is -0.503 e. The number of β-lactam (4-membered cyclic amide) rings is 1. The Morgan fingerprint density at radius 2 is 2.00 bits per heavy atom. The smallest absolute Gasteiger partial charge is 0.352 e. The van der Waals surface area contributed by atoms with Crippen molar-refractivity contribution in [3.63, 3.8) is 0 Å². The highest BCUT2D eigenvalue weighted by molar-refractivity contribution is 8.00. The molecule has 2 fully saturated rings. The van der Waals surface area contributed by atoms with E-state index in [9.17, 15) is 44.1 Å². The van der Waals surface area contributed by atoms with Crippen LogP contribution < -0.4 is 21.8 Å². The van der Waals surface area contributed by atoms with Gasteiger partial charge in [0.2, 0.25) is 17.4 Å². The number of nitrogens with two attached hydrogens (primary N) is 1. The second-order valence-electron chi connectivity index (χ2n) is 9.97. The van der Waals surface area contributed by atoms with Crippen LogP contribution in [0.25, 0.3) is 0 Å². The summed E-state index contributed by atoms with van der Waals surface area (Å²) < 4.78 is 0. The zero-order valence-electron chi connectivity index (χ0n) is 22.5. The van der Waals surface area contributed by atoms with Crippen LogP contribution in [0.3, 0.4) is 0 Å². The SMILES string of the molecule is Nc1nc(/C(=N/OC2(C(=O)O)CCCC2)C(=O)NC2C(=O)N3C(C(=O)O)=C(C(NC=O)c4[nH]ccc(=O)c4O)CS[C@@H]23)cs1. The standard InChI is InChI=1S/C25H25N7O10S2/c26-24-29-11(8-44-24)14(31-42-25(23(40)41)4-1-2-5-25)19(36)30-16-20(37)32-17(22(38)39)10(7-43-21(16)32)13(28-9-33)15-18(35)12(34)3-6-27-15/h3,6,8-9,13,16,21,35H,1-2,4-5,7H2,(H2,26,29)(H,27,34)(H,28,33)(H,30,36)(H,38,39)(H,40,41)/b31-14-/t13?,16?,21-/m0/s1. The van der Waals surface area contributed by atoms with E-state index < -0.39 is 69.4 Å². The molecule has 0 spiro atoms. The lowest BCUT2D eigenvalue weighted by molar-refractivity contribution is -0.165. The first kappa shape index (κ1) is 30.5. The molecule has 3 atom stereocenters. The Morgan fingerprint density at radius 1 is 1.27 bits per heavy atom. The van der Waals surface area contributed by atoms with Crippen LogP contribution in [0.4, 0.5) is 5.13 Å². The molecule has 3 amide bonds. The third-order valence-electron chi connectivity index (χ3n) is 7.41. The summed E-state index contributed by atoms with van der Waals surface area (Å²) in [5.74, 6) is -5.33. The first-order chi connectivity index (χ1) is 21.0. The number of aromatic amines is 1. The van der Waals surface area contributed by atoms with Gasteiger partial charge in [-0.05, 0) is 18.4 Å². The molecule has 2 unspecified atom stereocenters. The van der Waals surface area contributed by atoms with E-state index >= 15 is 0 Å². The quantitative estimate of drug-likeness (QED) is 0.0700. The number of thioether (sulfide) groups is 1. The molecular formula is C25H25N7O10S2. The number of nitrogen functional groups attached to an aromatic ring is 1. The Balaban J connectivity index is 1.43. The zero-order chi connectivity index (χ0) is 31.8. The molecule has 4 heterocycles. The average molecular weight is 648 g/mol. The molecule has 1 aliphatic carbocycles. The summed E-state index contributed by atoms with van der Waals surface area (Å²) in [6.45, 7) is 0. The molecule has 0 bridgehead atoms. The molecule has 19 heteroatoms. The summed E-state index contributed by atoms with van der Waals surface area (Å²) in [6.07, 6.45) is 2.99. The number of carboxylic acids is 2. The summed E-state index contributed by atoms with van der Waals surface area (Å²) in [5, 5.41) is 39.5. The molecule has 232 valence electrons. The zero-order valence-corrected chi connectivity index (χ0v) is 24.1. The number of aromatic nitrogens is 2. The third-order valence-corrected chi connectivity index (χ3v) is 9.39. The lowest BCUT2D eigenvalue weighted by Gasteiger charge is -2.50. The predicted molar refractivity (Wildman–Crippen MR) is 153 cm³/mol. The molecule has 2 aliphatic heterocycles. The number of pyridine rings is 1. The minimum atomic E-state index is -1.63. The van der Waals surface area contributed by atoms with Crippen LogP contribution in [0.1, 0.15) is 43.1 Å². The average Bonchev–Trinajstić information content (AvgIpc) is 3.65. The number of aliphatic carboxylic acids is 2. The molecule has 1 saturated heterocycles. The van der Waals surface area contributed by atoms with Crippen LogP contribution in [-0.2, 0) is 28.8 Å². The number of carbonyl (C=O) groups is 5. The van der Waals surface area contributed by atoms with E-state index in [2.05, 4.69) is 25.8 Å². The van der Waals surface area contributed by atoms with Crippen molar-refractivity contribution in [2.24, 2.45) is 5.16 Å². The summed E-state index contributed by atoms with van der Waals surface area (Å²) >= 11 is 2.05. The van der Waals surface area contributed by atoms with Crippen LogP contribution in [0.2, 0.25) is 0 Å². The summed E-state index contributed by atoms with van der Waals surface area (Å²) in [6, 6.07) is -1.49. The lowest BCUT2D eigenvalue weighted by atomic mass is 9.96. The van der Waals surface area contributed by atoms with Gasteiger partial charge in [0.05, 0.1) is 11.7 Å². The maximum atomic E-state index is 13.4. The normalized spacial score (nSPS) is 21.6. The van der Waals surface area contributed by atoms with Crippen molar-refractivity contribution >= 4 is 64.1 Å². The van der Waals surface area contributed by atoms with E-state index in [0.717, 1.165) is 34.1 Å². The van der Waals surface area contributed by atoms with Gasteiger partial charge in [-0.15, -0.1) is 23.1 Å². The number of carboxylic acid groups (broad SMARTS) is 2. The van der Waals surface area contributed by atoms with Crippen molar-refractivity contribution in [3.8, 4) is 5.75 Å². The van der Waals surface area contributed by atoms with Gasteiger partial charge >= 0.3 is 11.9 Å². The number of hydrogen-bond donors (Lipinski definition) is 7. The highest BCUT2D eigenvalue weighted by Crippen LogP contribution is 2.44. The highest BCUT2D eigenvalue weighted by Gasteiger charge is 2.55. The van der Waals surface area contributed by atoms with E-state index in [-0.39, 0.29) is 47.1 Å². The van der Waals surface area contributed by atoms with Gasteiger partial charge in [0.25, 0.3) is 11.8 Å². The number of hydrogen-bond acceptors (Lipinski definition) is 13. The number of nitrogens with one attached hydrogen (secondary N) is 3. The van der Waals surface area contributed by atoms with Crippen molar-refractivity contribution in [2.45, 2.75) is 48.7 Å². The maximum Gasteiger partial charge on any atom is 0.352 e. The predicted octanol–water partition coefficient (Wildman–Crippen LogP) is -0.537.